The largest absolute Gasteiger partial charge is 0.373 e. The molecular formula is C12H15N5. The number of hydrogen-bond acceptors (Lipinski definition) is 5. The Hall–Kier alpha value is -2.04. The third kappa shape index (κ3) is 2.55. The lowest BCUT2D eigenvalue weighted by molar-refractivity contribution is 0.816. The summed E-state index contributed by atoms with van der Waals surface area (Å²) in [6, 6.07) is 3.76. The second kappa shape index (κ2) is 4.86. The van der Waals surface area contributed by atoms with E-state index in [9.17, 15) is 0 Å². The van der Waals surface area contributed by atoms with Gasteiger partial charge >= 0.3 is 0 Å². The number of nitrogens with one attached hydrogen (secondary N) is 1. The minimum Gasteiger partial charge on any atom is -0.373 e. The van der Waals surface area contributed by atoms with E-state index in [1.165, 1.54) is 6.33 Å². The zero-order valence-electron chi connectivity index (χ0n) is 10.2. The summed E-state index contributed by atoms with van der Waals surface area (Å²) in [4.78, 5) is 17.0. The highest BCUT2D eigenvalue weighted by atomic mass is 15.0. The molecule has 0 radical (unpaired) electrons. The van der Waals surface area contributed by atoms with Gasteiger partial charge in [0.15, 0.2) is 5.82 Å². The van der Waals surface area contributed by atoms with E-state index in [0.717, 1.165) is 17.2 Å². The van der Waals surface area contributed by atoms with Gasteiger partial charge in [-0.2, -0.15) is 0 Å². The monoisotopic (exact) mass is 229 g/mol. The fraction of sp³-hybridized carbons (Fsp3) is 0.333. The van der Waals surface area contributed by atoms with Crippen LogP contribution in [0.2, 0.25) is 0 Å². The van der Waals surface area contributed by atoms with Gasteiger partial charge in [-0.3, -0.25) is 0 Å². The van der Waals surface area contributed by atoms with E-state index in [1.54, 1.807) is 12.3 Å². The van der Waals surface area contributed by atoms with E-state index in [4.69, 9.17) is 0 Å². The molecule has 2 heterocycles. The smallest absolute Gasteiger partial charge is 0.180 e. The van der Waals surface area contributed by atoms with E-state index in [0.29, 0.717) is 11.7 Å². The molecule has 17 heavy (non-hydrogen) atoms. The molecule has 0 aromatic carbocycles. The van der Waals surface area contributed by atoms with Gasteiger partial charge in [-0.25, -0.2) is 19.9 Å². The van der Waals surface area contributed by atoms with Crippen LogP contribution in [0.4, 0.5) is 5.82 Å². The molecule has 2 aromatic rings. The van der Waals surface area contributed by atoms with Crippen LogP contribution in [0.5, 0.6) is 0 Å². The van der Waals surface area contributed by atoms with Crippen molar-refractivity contribution in [2.45, 2.75) is 19.8 Å². The zero-order chi connectivity index (χ0) is 12.3. The Labute approximate surface area is 100 Å². The van der Waals surface area contributed by atoms with Crippen LogP contribution >= 0.6 is 0 Å². The highest BCUT2D eigenvalue weighted by molar-refractivity contribution is 5.52. The highest BCUT2D eigenvalue weighted by Crippen LogP contribution is 2.19. The molecule has 5 heteroatoms. The molecule has 88 valence electrons. The number of aromatic nitrogens is 4. The lowest BCUT2D eigenvalue weighted by Gasteiger charge is -2.09. The molecule has 0 aliphatic carbocycles. The number of anilines is 1. The van der Waals surface area contributed by atoms with E-state index >= 15 is 0 Å². The van der Waals surface area contributed by atoms with Gasteiger partial charge in [-0.05, 0) is 12.0 Å². The standard InChI is InChI=1S/C12H15N5/c1-8(2)10-6-11(13-3)17-12(16-10)9-4-5-14-7-15-9/h4-8H,1-3H3,(H,13,16,17). The van der Waals surface area contributed by atoms with Gasteiger partial charge < -0.3 is 5.32 Å². The lowest BCUT2D eigenvalue weighted by Crippen LogP contribution is -2.03. The molecule has 0 aliphatic rings. The van der Waals surface area contributed by atoms with Crippen LogP contribution in [-0.4, -0.2) is 27.0 Å². The van der Waals surface area contributed by atoms with Crippen LogP contribution in [0.1, 0.15) is 25.5 Å². The van der Waals surface area contributed by atoms with Crippen molar-refractivity contribution in [1.29, 1.82) is 0 Å². The first-order valence-corrected chi connectivity index (χ1v) is 5.54. The summed E-state index contributed by atoms with van der Waals surface area (Å²) >= 11 is 0. The topological polar surface area (TPSA) is 63.6 Å². The molecule has 2 aromatic heterocycles. The summed E-state index contributed by atoms with van der Waals surface area (Å²) in [6.45, 7) is 4.21. The Kier molecular flexibility index (Phi) is 3.27. The number of nitrogens with zero attached hydrogens (tertiary/aromatic N) is 4. The van der Waals surface area contributed by atoms with Crippen LogP contribution in [0.25, 0.3) is 11.5 Å². The minimum absolute atomic E-state index is 0.352. The van der Waals surface area contributed by atoms with Crippen molar-refractivity contribution in [2.24, 2.45) is 0 Å². The molecule has 0 unspecified atom stereocenters. The van der Waals surface area contributed by atoms with Crippen LogP contribution in [-0.2, 0) is 0 Å². The van der Waals surface area contributed by atoms with Gasteiger partial charge in [0.2, 0.25) is 0 Å². The van der Waals surface area contributed by atoms with E-state index in [-0.39, 0.29) is 0 Å². The summed E-state index contributed by atoms with van der Waals surface area (Å²) in [6.07, 6.45) is 3.19. The maximum Gasteiger partial charge on any atom is 0.180 e. The quantitative estimate of drug-likeness (QED) is 0.873. The Morgan fingerprint density at radius 3 is 2.65 bits per heavy atom. The molecule has 2 rings (SSSR count). The molecule has 0 aliphatic heterocycles. The molecule has 0 fully saturated rings. The summed E-state index contributed by atoms with van der Waals surface area (Å²) in [7, 11) is 1.84. The van der Waals surface area contributed by atoms with Crippen molar-refractivity contribution < 1.29 is 0 Å². The van der Waals surface area contributed by atoms with E-state index in [2.05, 4.69) is 39.1 Å². The number of rotatable bonds is 3. The maximum atomic E-state index is 4.51. The molecule has 0 saturated carbocycles. The van der Waals surface area contributed by atoms with Crippen molar-refractivity contribution in [2.75, 3.05) is 12.4 Å². The van der Waals surface area contributed by atoms with E-state index < -0.39 is 0 Å². The molecule has 0 saturated heterocycles. The predicted molar refractivity (Wildman–Crippen MR) is 66.7 cm³/mol. The van der Waals surface area contributed by atoms with Gasteiger partial charge in [0.25, 0.3) is 0 Å². The van der Waals surface area contributed by atoms with Crippen molar-refractivity contribution in [3.05, 3.63) is 30.4 Å². The summed E-state index contributed by atoms with van der Waals surface area (Å²) in [5.41, 5.74) is 1.73. The Morgan fingerprint density at radius 1 is 1.24 bits per heavy atom. The third-order valence-electron chi connectivity index (χ3n) is 2.40. The van der Waals surface area contributed by atoms with Crippen LogP contribution < -0.4 is 5.32 Å². The van der Waals surface area contributed by atoms with Crippen LogP contribution in [0.3, 0.4) is 0 Å². The molecule has 0 spiro atoms. The number of hydrogen-bond donors (Lipinski definition) is 1. The van der Waals surface area contributed by atoms with Gasteiger partial charge in [0.1, 0.15) is 17.8 Å². The van der Waals surface area contributed by atoms with Crippen molar-refractivity contribution in [1.82, 2.24) is 19.9 Å². The average molecular weight is 229 g/mol. The molecule has 0 bridgehead atoms. The van der Waals surface area contributed by atoms with Gasteiger partial charge in [0, 0.05) is 25.0 Å². The molecule has 1 N–H and O–H groups in total. The Bertz CT molecular complexity index is 496. The average Bonchev–Trinajstić information content (AvgIpc) is 2.39. The third-order valence-corrected chi connectivity index (χ3v) is 2.40. The summed E-state index contributed by atoms with van der Waals surface area (Å²) in [5.74, 6) is 1.78. The predicted octanol–water partition coefficient (Wildman–Crippen LogP) is 2.10. The lowest BCUT2D eigenvalue weighted by atomic mass is 10.1. The normalized spacial score (nSPS) is 10.6. The summed E-state index contributed by atoms with van der Waals surface area (Å²) < 4.78 is 0. The van der Waals surface area contributed by atoms with Gasteiger partial charge in [0.05, 0.1) is 0 Å². The van der Waals surface area contributed by atoms with Crippen molar-refractivity contribution in [3.8, 4) is 11.5 Å². The fourth-order valence-corrected chi connectivity index (χ4v) is 1.43. The highest BCUT2D eigenvalue weighted by Gasteiger charge is 2.09. The Balaban J connectivity index is 2.50. The Morgan fingerprint density at radius 2 is 2.06 bits per heavy atom. The van der Waals surface area contributed by atoms with Crippen molar-refractivity contribution >= 4 is 5.82 Å². The first-order chi connectivity index (χ1) is 8.20. The van der Waals surface area contributed by atoms with Gasteiger partial charge in [-0.1, -0.05) is 13.8 Å². The van der Waals surface area contributed by atoms with Gasteiger partial charge in [-0.15, -0.1) is 0 Å². The molecule has 0 atom stereocenters. The molecular weight excluding hydrogens is 214 g/mol. The first-order valence-electron chi connectivity index (χ1n) is 5.54. The van der Waals surface area contributed by atoms with Crippen LogP contribution in [0.15, 0.2) is 24.7 Å². The maximum absolute atomic E-state index is 4.51. The second-order valence-corrected chi connectivity index (χ2v) is 4.00. The molecule has 0 amide bonds. The zero-order valence-corrected chi connectivity index (χ0v) is 10.2. The fourth-order valence-electron chi connectivity index (χ4n) is 1.43. The first kappa shape index (κ1) is 11.4. The van der Waals surface area contributed by atoms with Crippen LogP contribution in [0, 0.1) is 0 Å². The SMILES string of the molecule is CNc1cc(C(C)C)nc(-c2ccncn2)n1. The second-order valence-electron chi connectivity index (χ2n) is 4.00. The minimum atomic E-state index is 0.352. The van der Waals surface area contributed by atoms with E-state index in [1.807, 2.05) is 13.1 Å². The summed E-state index contributed by atoms with van der Waals surface area (Å²) in [5, 5.41) is 3.04. The molecule has 5 nitrogen and oxygen atoms in total. The van der Waals surface area contributed by atoms with Crippen molar-refractivity contribution in [3.63, 3.8) is 0 Å².